The quantitative estimate of drug-likeness (QED) is 0.553. The van der Waals surface area contributed by atoms with Gasteiger partial charge >= 0.3 is 6.03 Å². The van der Waals surface area contributed by atoms with E-state index in [1.54, 1.807) is 31.4 Å². The van der Waals surface area contributed by atoms with Crippen LogP contribution in [0, 0.1) is 0 Å². The molecule has 144 valence electrons. The molecule has 0 atom stereocenters. The Morgan fingerprint density at radius 1 is 0.964 bits per heavy atom. The molecule has 0 saturated carbocycles. The number of nitrogens with one attached hydrogen (secondary N) is 3. The maximum absolute atomic E-state index is 12.1. The summed E-state index contributed by atoms with van der Waals surface area (Å²) >= 11 is 1.32. The minimum absolute atomic E-state index is 0.0778. The van der Waals surface area contributed by atoms with E-state index in [0.29, 0.717) is 29.4 Å². The number of aryl methyl sites for hydroxylation is 1. The van der Waals surface area contributed by atoms with Gasteiger partial charge in [0.05, 0.1) is 12.8 Å². The summed E-state index contributed by atoms with van der Waals surface area (Å²) in [4.78, 5) is 28.4. The van der Waals surface area contributed by atoms with Gasteiger partial charge in [0.1, 0.15) is 5.75 Å². The summed E-state index contributed by atoms with van der Waals surface area (Å²) in [5, 5.41) is 10.6. The predicted octanol–water partition coefficient (Wildman–Crippen LogP) is 4.37. The molecule has 3 N–H and O–H groups in total. The lowest BCUT2D eigenvalue weighted by Crippen LogP contribution is -2.19. The van der Waals surface area contributed by atoms with Gasteiger partial charge in [-0.05, 0) is 42.8 Å². The van der Waals surface area contributed by atoms with Gasteiger partial charge in [-0.1, -0.05) is 18.2 Å². The molecule has 2 aromatic carbocycles. The number of anilines is 3. The normalized spacial score (nSPS) is 10.2. The Bertz CT molecular complexity index is 926. The second-order valence-corrected chi connectivity index (χ2v) is 6.72. The third-order valence-electron chi connectivity index (χ3n) is 3.79. The van der Waals surface area contributed by atoms with Gasteiger partial charge in [0, 0.05) is 23.2 Å². The van der Waals surface area contributed by atoms with Crippen LogP contribution in [0.2, 0.25) is 0 Å². The van der Waals surface area contributed by atoms with Crippen LogP contribution in [0.1, 0.15) is 12.1 Å². The van der Waals surface area contributed by atoms with E-state index < -0.39 is 0 Å². The number of methoxy groups -OCH3 is 1. The summed E-state index contributed by atoms with van der Waals surface area (Å²) in [6, 6.07) is 15.9. The van der Waals surface area contributed by atoms with Gasteiger partial charge in [-0.3, -0.25) is 10.1 Å². The minimum Gasteiger partial charge on any atom is -0.497 e. The summed E-state index contributed by atoms with van der Waals surface area (Å²) in [6.07, 6.45) is 0.813. The first kappa shape index (κ1) is 19.4. The molecular weight excluding hydrogens is 376 g/mol. The van der Waals surface area contributed by atoms with Crippen LogP contribution in [-0.2, 0) is 11.2 Å². The fourth-order valence-electron chi connectivity index (χ4n) is 2.40. The smallest absolute Gasteiger partial charge is 0.325 e. The number of rotatable bonds is 7. The topological polar surface area (TPSA) is 92.3 Å². The predicted molar refractivity (Wildman–Crippen MR) is 111 cm³/mol. The average molecular weight is 396 g/mol. The Morgan fingerprint density at radius 3 is 2.39 bits per heavy atom. The average Bonchev–Trinajstić information content (AvgIpc) is 3.15. The second kappa shape index (κ2) is 9.52. The maximum atomic E-state index is 12.1. The van der Waals surface area contributed by atoms with Gasteiger partial charge in [-0.25, -0.2) is 9.78 Å². The number of carbonyl (C=O) groups is 2. The number of hydrogen-bond acceptors (Lipinski definition) is 5. The van der Waals surface area contributed by atoms with Gasteiger partial charge in [0.25, 0.3) is 0 Å². The van der Waals surface area contributed by atoms with Crippen molar-refractivity contribution in [1.82, 2.24) is 4.98 Å². The molecule has 28 heavy (non-hydrogen) atoms. The maximum Gasteiger partial charge on any atom is 0.325 e. The van der Waals surface area contributed by atoms with E-state index >= 15 is 0 Å². The number of amides is 3. The number of carbonyl (C=O) groups excluding carboxylic acids is 2. The first-order valence-electron chi connectivity index (χ1n) is 8.64. The van der Waals surface area contributed by atoms with Crippen molar-refractivity contribution in [1.29, 1.82) is 0 Å². The van der Waals surface area contributed by atoms with Crippen molar-refractivity contribution in [2.75, 3.05) is 23.1 Å². The molecule has 1 heterocycles. The number of thiazole rings is 1. The highest BCUT2D eigenvalue weighted by molar-refractivity contribution is 7.13. The largest absolute Gasteiger partial charge is 0.497 e. The minimum atomic E-state index is -0.382. The van der Waals surface area contributed by atoms with Crippen LogP contribution in [0.3, 0.4) is 0 Å². The van der Waals surface area contributed by atoms with Gasteiger partial charge in [0.2, 0.25) is 5.91 Å². The molecule has 0 unspecified atom stereocenters. The van der Waals surface area contributed by atoms with Crippen molar-refractivity contribution in [3.8, 4) is 5.75 Å². The summed E-state index contributed by atoms with van der Waals surface area (Å²) in [7, 11) is 1.58. The van der Waals surface area contributed by atoms with E-state index in [1.165, 1.54) is 11.3 Å². The summed E-state index contributed by atoms with van der Waals surface area (Å²) < 4.78 is 5.08. The highest BCUT2D eigenvalue weighted by atomic mass is 32.1. The monoisotopic (exact) mass is 396 g/mol. The van der Waals surface area contributed by atoms with Crippen molar-refractivity contribution < 1.29 is 14.3 Å². The zero-order chi connectivity index (χ0) is 19.8. The van der Waals surface area contributed by atoms with Crippen molar-refractivity contribution in [2.24, 2.45) is 0 Å². The van der Waals surface area contributed by atoms with E-state index in [1.807, 2.05) is 35.7 Å². The Balaban J connectivity index is 1.45. The number of urea groups is 1. The molecule has 0 aliphatic rings. The third kappa shape index (κ3) is 5.82. The second-order valence-electron chi connectivity index (χ2n) is 5.87. The van der Waals surface area contributed by atoms with Crippen molar-refractivity contribution in [3.05, 3.63) is 65.7 Å². The van der Waals surface area contributed by atoms with Gasteiger partial charge < -0.3 is 15.4 Å². The first-order chi connectivity index (χ1) is 13.6. The van der Waals surface area contributed by atoms with Crippen LogP contribution in [0.5, 0.6) is 5.75 Å². The number of aromatic nitrogens is 1. The van der Waals surface area contributed by atoms with E-state index in [2.05, 4.69) is 20.9 Å². The number of hydrogen-bond donors (Lipinski definition) is 3. The van der Waals surface area contributed by atoms with Gasteiger partial charge in [0.15, 0.2) is 5.13 Å². The van der Waals surface area contributed by atoms with Gasteiger partial charge in [-0.15, -0.1) is 11.3 Å². The molecule has 7 nitrogen and oxygen atoms in total. The molecule has 0 spiro atoms. The van der Waals surface area contributed by atoms with Crippen molar-refractivity contribution in [2.45, 2.75) is 12.8 Å². The fourth-order valence-corrected chi connectivity index (χ4v) is 3.14. The van der Waals surface area contributed by atoms with Crippen LogP contribution >= 0.6 is 11.3 Å². The van der Waals surface area contributed by atoms with E-state index in [4.69, 9.17) is 4.74 Å². The molecular formula is C20H20N4O3S. The summed E-state index contributed by atoms with van der Waals surface area (Å²) in [5.41, 5.74) is 2.17. The van der Waals surface area contributed by atoms with Crippen molar-refractivity contribution >= 4 is 39.8 Å². The molecule has 0 radical (unpaired) electrons. The molecule has 0 fully saturated rings. The number of para-hydroxylation sites is 1. The summed E-state index contributed by atoms with van der Waals surface area (Å²) in [5.74, 6) is 0.637. The Labute approximate surface area is 166 Å². The molecule has 8 heteroatoms. The lowest BCUT2D eigenvalue weighted by atomic mass is 10.2. The zero-order valence-electron chi connectivity index (χ0n) is 15.3. The molecule has 1 aromatic heterocycles. The van der Waals surface area contributed by atoms with Crippen LogP contribution in [0.4, 0.5) is 21.3 Å². The van der Waals surface area contributed by atoms with Crippen LogP contribution in [-0.4, -0.2) is 24.0 Å². The summed E-state index contributed by atoms with van der Waals surface area (Å²) in [6.45, 7) is 0. The Morgan fingerprint density at radius 2 is 1.68 bits per heavy atom. The first-order valence-corrected chi connectivity index (χ1v) is 9.52. The lowest BCUT2D eigenvalue weighted by molar-refractivity contribution is -0.116. The SMILES string of the molecule is COc1ccc(NC(=O)Nc2nc(CCC(=O)Nc3ccccc3)cs2)cc1. The highest BCUT2D eigenvalue weighted by Gasteiger charge is 2.09. The van der Waals surface area contributed by atoms with Crippen molar-refractivity contribution in [3.63, 3.8) is 0 Å². The molecule has 3 rings (SSSR count). The van der Waals surface area contributed by atoms with Crippen LogP contribution < -0.4 is 20.7 Å². The molecule has 0 bridgehead atoms. The highest BCUT2D eigenvalue weighted by Crippen LogP contribution is 2.18. The molecule has 0 saturated heterocycles. The number of nitrogens with zero attached hydrogens (tertiary/aromatic N) is 1. The fraction of sp³-hybridized carbons (Fsp3) is 0.150. The van der Waals surface area contributed by atoms with E-state index in [-0.39, 0.29) is 11.9 Å². The Hall–Kier alpha value is -3.39. The molecule has 0 aliphatic carbocycles. The van der Waals surface area contributed by atoms with Gasteiger partial charge in [-0.2, -0.15) is 0 Å². The van der Waals surface area contributed by atoms with E-state index in [0.717, 1.165) is 11.4 Å². The Kier molecular flexibility index (Phi) is 6.59. The molecule has 0 aliphatic heterocycles. The zero-order valence-corrected chi connectivity index (χ0v) is 16.1. The molecule has 3 aromatic rings. The van der Waals surface area contributed by atoms with Crippen LogP contribution in [0.15, 0.2) is 60.0 Å². The lowest BCUT2D eigenvalue weighted by Gasteiger charge is -2.06. The molecule has 3 amide bonds. The number of benzene rings is 2. The standard InChI is InChI=1S/C20H20N4O3S/c1-27-17-10-7-15(8-11-17)22-19(26)24-20-23-16(13-28-20)9-12-18(25)21-14-5-3-2-4-6-14/h2-8,10-11,13H,9,12H2,1H3,(H,21,25)(H2,22,23,24,26). The van der Waals surface area contributed by atoms with E-state index in [9.17, 15) is 9.59 Å². The third-order valence-corrected chi connectivity index (χ3v) is 4.59. The van der Waals surface area contributed by atoms with Crippen LogP contribution in [0.25, 0.3) is 0 Å². The number of ether oxygens (including phenoxy) is 1.